The molecule has 4 fully saturated rings. The molecule has 10 rings (SSSR count). The molecule has 10 N–H and O–H groups in total. The highest BCUT2D eigenvalue weighted by atomic mass is 35.5. The van der Waals surface area contributed by atoms with Gasteiger partial charge in [0, 0.05) is 19.3 Å². The summed E-state index contributed by atoms with van der Waals surface area (Å²) in [6.45, 7) is 3.56. The van der Waals surface area contributed by atoms with E-state index >= 15 is 0 Å². The quantitative estimate of drug-likeness (QED) is 0.0961. The molecule has 0 bridgehead atoms. The van der Waals surface area contributed by atoms with Gasteiger partial charge in [-0.15, -0.1) is 62.0 Å². The van der Waals surface area contributed by atoms with E-state index in [9.17, 15) is 46.8 Å². The maximum atomic E-state index is 14.5. The number of anilines is 3. The van der Waals surface area contributed by atoms with Crippen LogP contribution in [0.15, 0.2) is 37.6 Å². The first-order valence-corrected chi connectivity index (χ1v) is 18.7. The fraction of sp³-hybridized carbons (Fsp3) is 0.538. The summed E-state index contributed by atoms with van der Waals surface area (Å²) in [4.78, 5) is 22.8. The predicted molar refractivity (Wildman–Crippen MR) is 256 cm³/mol. The molecule has 7 heterocycles. The summed E-state index contributed by atoms with van der Waals surface area (Å²) in [7, 11) is 0. The molecule has 0 aromatic carbocycles. The lowest BCUT2D eigenvalue weighted by atomic mass is 10.1. The third-order valence-corrected chi connectivity index (χ3v) is 11.3. The average Bonchev–Trinajstić information content (AvgIpc) is 4.05. The standard InChI is InChI=1S/C14H16F2N4O2.2C11H12F2N4O2.3CH4.5ClH/c1-14(2)21-8-3-6(15)11(12(8)22-14)20-5-19-9-10(20)7(16)4-18-13(9)17;2*12-4-1-6(18)10(19)9(4)17-3-16-7-8(17)5(13)2-15-11(7)14;;;;;;;;/h4-6,8,11-12H,3H2,1-2H3,(H2,17,18);2*2-4,6,9-10,18-19H,1H2,(H2,14,15);3*1H4;5*1H/t6?,8-,11-,12-;2*4?,6-,9-,10-;;;;;;;;/m111......../s1. The first-order chi connectivity index (χ1) is 28.4. The van der Waals surface area contributed by atoms with Crippen molar-refractivity contribution in [2.24, 2.45) is 0 Å². The summed E-state index contributed by atoms with van der Waals surface area (Å²) in [5.74, 6) is -2.61. The Kier molecular flexibility index (Phi) is 22.8. The Labute approximate surface area is 417 Å². The number of rotatable bonds is 3. The van der Waals surface area contributed by atoms with Gasteiger partial charge >= 0.3 is 0 Å². The number of nitrogen functional groups attached to an aromatic ring is 3. The summed E-state index contributed by atoms with van der Waals surface area (Å²) < 4.78 is 99.4. The Bertz CT molecular complexity index is 2480. The summed E-state index contributed by atoms with van der Waals surface area (Å²) in [6, 6.07) is -2.87. The number of ether oxygens (including phenoxy) is 2. The minimum Gasteiger partial charge on any atom is -0.390 e. The van der Waals surface area contributed by atoms with Crippen LogP contribution < -0.4 is 17.2 Å². The van der Waals surface area contributed by atoms with Gasteiger partial charge in [0.1, 0.15) is 69.9 Å². The number of imidazole rings is 3. The molecule has 386 valence electrons. The van der Waals surface area contributed by atoms with Gasteiger partial charge in [0.2, 0.25) is 0 Å². The van der Waals surface area contributed by atoms with Crippen LogP contribution in [0, 0.1) is 17.5 Å². The molecule has 29 heteroatoms. The number of alkyl halides is 3. The van der Waals surface area contributed by atoms with Crippen molar-refractivity contribution in [1.29, 1.82) is 0 Å². The second-order valence-electron chi connectivity index (χ2n) is 15.5. The Morgan fingerprint density at radius 1 is 0.529 bits per heavy atom. The summed E-state index contributed by atoms with van der Waals surface area (Å²) >= 11 is 0. The van der Waals surface area contributed by atoms with Crippen LogP contribution in [0.4, 0.5) is 43.8 Å². The molecule has 6 aromatic rings. The lowest BCUT2D eigenvalue weighted by Gasteiger charge is -2.24. The van der Waals surface area contributed by atoms with Gasteiger partial charge in [-0.2, -0.15) is 0 Å². The number of pyridine rings is 3. The third kappa shape index (κ3) is 11.1. The first kappa shape index (κ1) is 64.0. The molecule has 6 aromatic heterocycles. The van der Waals surface area contributed by atoms with Crippen molar-refractivity contribution in [3.05, 3.63) is 55.0 Å². The van der Waals surface area contributed by atoms with Crippen molar-refractivity contribution >= 4 is 113 Å². The van der Waals surface area contributed by atoms with E-state index in [1.165, 1.54) is 32.7 Å². The number of aliphatic hydroxyl groups is 4. The molecule has 4 aliphatic rings. The van der Waals surface area contributed by atoms with Crippen LogP contribution in [-0.2, 0) is 9.47 Å². The average molecular weight is 1080 g/mol. The molecule has 18 nitrogen and oxygen atoms in total. The molecular weight excluding hydrogens is 1020 g/mol. The van der Waals surface area contributed by atoms with Gasteiger partial charge < -0.3 is 60.8 Å². The van der Waals surface area contributed by atoms with E-state index in [0.717, 1.165) is 18.6 Å². The zero-order valence-electron chi connectivity index (χ0n) is 33.7. The van der Waals surface area contributed by atoms with Crippen molar-refractivity contribution in [2.75, 3.05) is 17.2 Å². The number of aliphatic hydroxyl groups excluding tert-OH is 4. The lowest BCUT2D eigenvalue weighted by molar-refractivity contribution is -0.159. The Morgan fingerprint density at radius 3 is 1.15 bits per heavy atom. The van der Waals surface area contributed by atoms with E-state index < -0.39 is 90.4 Å². The van der Waals surface area contributed by atoms with E-state index in [0.29, 0.717) is 0 Å². The van der Waals surface area contributed by atoms with Crippen molar-refractivity contribution in [1.82, 2.24) is 43.6 Å². The minimum atomic E-state index is -1.49. The Balaban J connectivity index is 0.000000938. The van der Waals surface area contributed by atoms with Crippen LogP contribution in [0.5, 0.6) is 0 Å². The van der Waals surface area contributed by atoms with E-state index in [-0.39, 0.29) is 160 Å². The van der Waals surface area contributed by atoms with E-state index in [1.807, 2.05) is 0 Å². The molecule has 0 amide bonds. The molecule has 3 unspecified atom stereocenters. The van der Waals surface area contributed by atoms with Gasteiger partial charge in [0.15, 0.2) is 40.7 Å². The van der Waals surface area contributed by atoms with Gasteiger partial charge in [-0.25, -0.2) is 56.2 Å². The number of halogens is 11. The number of hydrogen-bond donors (Lipinski definition) is 7. The summed E-state index contributed by atoms with van der Waals surface area (Å²) in [5, 5.41) is 38.6. The van der Waals surface area contributed by atoms with Gasteiger partial charge in [-0.1, -0.05) is 22.3 Å². The van der Waals surface area contributed by atoms with E-state index in [1.54, 1.807) is 13.8 Å². The van der Waals surface area contributed by atoms with Crippen molar-refractivity contribution in [3.63, 3.8) is 0 Å². The molecule has 0 radical (unpaired) electrons. The normalized spacial score (nSPS) is 28.2. The highest BCUT2D eigenvalue weighted by Crippen LogP contribution is 2.46. The van der Waals surface area contributed by atoms with Crippen LogP contribution in [0.25, 0.3) is 33.1 Å². The molecule has 3 saturated carbocycles. The molecule has 1 saturated heterocycles. The monoisotopic (exact) mass is 1080 g/mol. The molecular formula is C39H57Cl5F6N12O6. The van der Waals surface area contributed by atoms with Crippen LogP contribution in [-0.4, -0.2) is 125 Å². The molecule has 0 spiro atoms. The Morgan fingerprint density at radius 2 is 0.838 bits per heavy atom. The minimum absolute atomic E-state index is 0. The summed E-state index contributed by atoms with van der Waals surface area (Å²) in [6.07, 6.45) is -3.58. The molecule has 68 heavy (non-hydrogen) atoms. The fourth-order valence-electron chi connectivity index (χ4n) is 8.59. The van der Waals surface area contributed by atoms with Crippen molar-refractivity contribution in [3.8, 4) is 0 Å². The largest absolute Gasteiger partial charge is 0.390 e. The van der Waals surface area contributed by atoms with E-state index in [4.69, 9.17) is 26.7 Å². The maximum absolute atomic E-state index is 14.5. The summed E-state index contributed by atoms with van der Waals surface area (Å²) in [5.41, 5.74) is 17.4. The number of aromatic nitrogens is 9. The van der Waals surface area contributed by atoms with Gasteiger partial charge in [-0.3, -0.25) is 0 Å². The molecule has 1 aliphatic heterocycles. The zero-order chi connectivity index (χ0) is 43.1. The fourth-order valence-corrected chi connectivity index (χ4v) is 8.59. The van der Waals surface area contributed by atoms with Gasteiger partial charge in [-0.05, 0) is 13.8 Å². The predicted octanol–water partition coefficient (Wildman–Crippen LogP) is 6.29. The lowest BCUT2D eigenvalue weighted by Crippen LogP contribution is -2.30. The first-order valence-electron chi connectivity index (χ1n) is 18.7. The second kappa shape index (κ2) is 24.3. The zero-order valence-corrected chi connectivity index (χ0v) is 37.8. The van der Waals surface area contributed by atoms with Gasteiger partial charge in [0.05, 0.1) is 74.0 Å². The van der Waals surface area contributed by atoms with Crippen LogP contribution >= 0.6 is 62.0 Å². The van der Waals surface area contributed by atoms with E-state index in [2.05, 4.69) is 29.9 Å². The smallest absolute Gasteiger partial charge is 0.167 e. The Hall–Kier alpha value is -3.95. The van der Waals surface area contributed by atoms with Crippen LogP contribution in [0.3, 0.4) is 0 Å². The van der Waals surface area contributed by atoms with Gasteiger partial charge in [0.25, 0.3) is 0 Å². The number of hydrogen-bond acceptors (Lipinski definition) is 15. The second-order valence-corrected chi connectivity index (χ2v) is 15.5. The highest BCUT2D eigenvalue weighted by Gasteiger charge is 2.55. The maximum Gasteiger partial charge on any atom is 0.167 e. The number of nitrogens with two attached hydrogens (primary N) is 3. The topological polar surface area (TPSA) is 270 Å². The van der Waals surface area contributed by atoms with Crippen molar-refractivity contribution in [2.45, 2.75) is 134 Å². The molecule has 3 aliphatic carbocycles. The SMILES string of the molecule is C.C.C.CC1(C)O[C@H]2[C@H](n3cnc4c(N)ncc(F)c43)C(F)C[C@H]2O1.Cl.Cl.Cl.Cl.Cl.Nc1ncc(F)c2c1ncn2[C@@H]1C(F)C[C@@H](O)[C@H]1O.Nc1ncc(F)c2c1ncn2[C@@H]1C(F)C[C@@H](O)[C@H]1O. The number of fused-ring (bicyclic) bond motifs is 4. The highest BCUT2D eigenvalue weighted by molar-refractivity contribution is 5.87. The molecule has 12 atom stereocenters. The van der Waals surface area contributed by atoms with Crippen LogP contribution in [0.1, 0.15) is 73.5 Å². The third-order valence-electron chi connectivity index (χ3n) is 11.3. The van der Waals surface area contributed by atoms with Crippen LogP contribution in [0.2, 0.25) is 0 Å². The number of nitrogens with zero attached hydrogens (tertiary/aromatic N) is 9. The van der Waals surface area contributed by atoms with Crippen molar-refractivity contribution < 1.29 is 56.2 Å².